The third-order valence-electron chi connectivity index (χ3n) is 4.72. The largest absolute Gasteiger partial charge is 0.488 e. The molecule has 0 saturated heterocycles. The first-order chi connectivity index (χ1) is 14.4. The SMILES string of the molecule is Nc1cc(-c2cccc([C@H](N)CO)c2)cc(COc2ccccc2CC(=O)O)c1F. The van der Waals surface area contributed by atoms with Crippen LogP contribution >= 0.6 is 0 Å². The highest BCUT2D eigenvalue weighted by Gasteiger charge is 2.14. The second-order valence-electron chi connectivity index (χ2n) is 6.92. The van der Waals surface area contributed by atoms with E-state index in [1.165, 1.54) is 6.07 Å². The van der Waals surface area contributed by atoms with Crippen LogP contribution in [-0.4, -0.2) is 22.8 Å². The summed E-state index contributed by atoms with van der Waals surface area (Å²) < 4.78 is 20.3. The first kappa shape index (κ1) is 21.3. The Morgan fingerprint density at radius 2 is 1.80 bits per heavy atom. The summed E-state index contributed by atoms with van der Waals surface area (Å²) in [7, 11) is 0. The van der Waals surface area contributed by atoms with Gasteiger partial charge in [-0.1, -0.05) is 36.4 Å². The van der Waals surface area contributed by atoms with Crippen molar-refractivity contribution in [2.45, 2.75) is 19.1 Å². The first-order valence-corrected chi connectivity index (χ1v) is 9.36. The van der Waals surface area contributed by atoms with Crippen molar-refractivity contribution in [3.8, 4) is 16.9 Å². The number of nitrogens with two attached hydrogens (primary N) is 2. The Morgan fingerprint density at radius 1 is 1.03 bits per heavy atom. The van der Waals surface area contributed by atoms with E-state index in [9.17, 15) is 14.3 Å². The molecule has 7 heteroatoms. The Kier molecular flexibility index (Phi) is 6.66. The highest BCUT2D eigenvalue weighted by Crippen LogP contribution is 2.29. The van der Waals surface area contributed by atoms with Crippen molar-refractivity contribution >= 4 is 11.7 Å². The monoisotopic (exact) mass is 410 g/mol. The summed E-state index contributed by atoms with van der Waals surface area (Å²) in [5.74, 6) is -1.19. The predicted molar refractivity (Wildman–Crippen MR) is 112 cm³/mol. The van der Waals surface area contributed by atoms with E-state index in [-0.39, 0.29) is 30.9 Å². The van der Waals surface area contributed by atoms with Crippen molar-refractivity contribution in [1.29, 1.82) is 0 Å². The number of hydrogen-bond donors (Lipinski definition) is 4. The molecule has 0 bridgehead atoms. The molecule has 6 nitrogen and oxygen atoms in total. The van der Waals surface area contributed by atoms with Gasteiger partial charge in [0.15, 0.2) is 5.82 Å². The van der Waals surface area contributed by atoms with Gasteiger partial charge < -0.3 is 26.4 Å². The van der Waals surface area contributed by atoms with Crippen molar-refractivity contribution in [2.24, 2.45) is 5.73 Å². The van der Waals surface area contributed by atoms with Gasteiger partial charge in [-0.3, -0.25) is 4.79 Å². The summed E-state index contributed by atoms with van der Waals surface area (Å²) in [6.07, 6.45) is -0.196. The number of rotatable bonds is 8. The van der Waals surface area contributed by atoms with Gasteiger partial charge in [-0.05, 0) is 41.0 Å². The molecule has 0 radical (unpaired) electrons. The lowest BCUT2D eigenvalue weighted by Gasteiger charge is -2.14. The van der Waals surface area contributed by atoms with Crippen LogP contribution in [0.4, 0.5) is 10.1 Å². The number of hydrogen-bond acceptors (Lipinski definition) is 5. The minimum atomic E-state index is -0.982. The van der Waals surface area contributed by atoms with Crippen molar-refractivity contribution in [2.75, 3.05) is 12.3 Å². The molecule has 156 valence electrons. The lowest BCUT2D eigenvalue weighted by molar-refractivity contribution is -0.136. The number of anilines is 1. The number of carboxylic acid groups (broad SMARTS) is 1. The van der Waals surface area contributed by atoms with E-state index < -0.39 is 17.8 Å². The number of ether oxygens (including phenoxy) is 1. The zero-order valence-corrected chi connectivity index (χ0v) is 16.2. The molecule has 30 heavy (non-hydrogen) atoms. The zero-order chi connectivity index (χ0) is 21.7. The molecule has 6 N–H and O–H groups in total. The van der Waals surface area contributed by atoms with Gasteiger partial charge in [0.1, 0.15) is 12.4 Å². The number of carboxylic acids is 1. The molecule has 1 atom stereocenters. The fourth-order valence-corrected chi connectivity index (χ4v) is 3.14. The van der Waals surface area contributed by atoms with Crippen molar-refractivity contribution in [3.63, 3.8) is 0 Å². The number of aliphatic hydroxyl groups excluding tert-OH is 1. The average Bonchev–Trinajstić information content (AvgIpc) is 2.74. The van der Waals surface area contributed by atoms with E-state index in [0.29, 0.717) is 16.9 Å². The van der Waals surface area contributed by atoms with Crippen LogP contribution in [0.25, 0.3) is 11.1 Å². The standard InChI is InChI=1S/C23H23FN2O4/c24-23-18(13-30-21-7-2-1-4-16(21)11-22(28)29)9-17(10-19(23)25)14-5-3-6-15(8-14)20(26)12-27/h1-10,20,27H,11-13,25-26H2,(H,28,29)/t20-/m1/s1. The van der Waals surface area contributed by atoms with E-state index in [1.54, 1.807) is 42.5 Å². The van der Waals surface area contributed by atoms with Gasteiger partial charge in [0.2, 0.25) is 0 Å². The van der Waals surface area contributed by atoms with Gasteiger partial charge in [-0.2, -0.15) is 0 Å². The lowest BCUT2D eigenvalue weighted by Crippen LogP contribution is -2.14. The summed E-state index contributed by atoms with van der Waals surface area (Å²) in [5.41, 5.74) is 14.7. The zero-order valence-electron chi connectivity index (χ0n) is 16.2. The first-order valence-electron chi connectivity index (χ1n) is 9.36. The van der Waals surface area contributed by atoms with Crippen LogP contribution in [0.2, 0.25) is 0 Å². The number of aliphatic carboxylic acids is 1. The normalized spacial score (nSPS) is 11.8. The molecule has 0 aromatic heterocycles. The molecule has 0 unspecified atom stereocenters. The van der Waals surface area contributed by atoms with Gasteiger partial charge in [0.05, 0.1) is 24.8 Å². The fourth-order valence-electron chi connectivity index (χ4n) is 3.14. The molecule has 0 aliphatic rings. The van der Waals surface area contributed by atoms with Crippen LogP contribution in [0.5, 0.6) is 5.75 Å². The molecule has 0 spiro atoms. The molecule has 3 aromatic carbocycles. The highest BCUT2D eigenvalue weighted by molar-refractivity contribution is 5.71. The predicted octanol–water partition coefficient (Wildman–Crippen LogP) is 3.27. The fraction of sp³-hybridized carbons (Fsp3) is 0.174. The minimum Gasteiger partial charge on any atom is -0.488 e. The third kappa shape index (κ3) is 4.94. The Morgan fingerprint density at radius 3 is 2.53 bits per heavy atom. The second-order valence-corrected chi connectivity index (χ2v) is 6.92. The minimum absolute atomic E-state index is 0.0261. The van der Waals surface area contributed by atoms with Gasteiger partial charge >= 0.3 is 5.97 Å². The third-order valence-corrected chi connectivity index (χ3v) is 4.72. The summed E-state index contributed by atoms with van der Waals surface area (Å²) in [6, 6.07) is 16.6. The molecule has 0 aliphatic carbocycles. The average molecular weight is 410 g/mol. The number of para-hydroxylation sites is 1. The smallest absolute Gasteiger partial charge is 0.307 e. The number of benzene rings is 3. The number of carbonyl (C=O) groups is 1. The van der Waals surface area contributed by atoms with E-state index in [1.807, 2.05) is 12.1 Å². The Bertz CT molecular complexity index is 1060. The van der Waals surface area contributed by atoms with Crippen LogP contribution in [0.1, 0.15) is 22.7 Å². The van der Waals surface area contributed by atoms with Crippen LogP contribution < -0.4 is 16.2 Å². The van der Waals surface area contributed by atoms with Crippen LogP contribution in [0.3, 0.4) is 0 Å². The van der Waals surface area contributed by atoms with E-state index >= 15 is 0 Å². The molecule has 0 aliphatic heterocycles. The van der Waals surface area contributed by atoms with Crippen LogP contribution in [-0.2, 0) is 17.8 Å². The number of halogens is 1. The van der Waals surface area contributed by atoms with Gasteiger partial charge in [0.25, 0.3) is 0 Å². The number of aliphatic hydroxyl groups is 1. The summed E-state index contributed by atoms with van der Waals surface area (Å²) >= 11 is 0. The molecule has 0 amide bonds. The quantitative estimate of drug-likeness (QED) is 0.423. The molecule has 3 aromatic rings. The van der Waals surface area contributed by atoms with Gasteiger partial charge in [-0.15, -0.1) is 0 Å². The Balaban J connectivity index is 1.89. The van der Waals surface area contributed by atoms with Crippen molar-refractivity contribution < 1.29 is 24.1 Å². The highest BCUT2D eigenvalue weighted by atomic mass is 19.1. The Labute approximate surface area is 173 Å². The van der Waals surface area contributed by atoms with E-state index in [2.05, 4.69) is 0 Å². The maximum absolute atomic E-state index is 14.6. The van der Waals surface area contributed by atoms with E-state index in [0.717, 1.165) is 11.1 Å². The summed E-state index contributed by atoms with van der Waals surface area (Å²) in [5, 5.41) is 18.3. The summed E-state index contributed by atoms with van der Waals surface area (Å²) in [6.45, 7) is -0.305. The molecule has 0 saturated carbocycles. The Hall–Kier alpha value is -3.42. The molecular weight excluding hydrogens is 387 g/mol. The molecular formula is C23H23FN2O4. The maximum atomic E-state index is 14.6. The molecule has 0 heterocycles. The summed E-state index contributed by atoms with van der Waals surface area (Å²) in [4.78, 5) is 11.0. The topological polar surface area (TPSA) is 119 Å². The van der Waals surface area contributed by atoms with E-state index in [4.69, 9.17) is 21.3 Å². The van der Waals surface area contributed by atoms with Crippen molar-refractivity contribution in [1.82, 2.24) is 0 Å². The van der Waals surface area contributed by atoms with Gasteiger partial charge in [0, 0.05) is 11.1 Å². The lowest BCUT2D eigenvalue weighted by atomic mass is 9.98. The van der Waals surface area contributed by atoms with Crippen molar-refractivity contribution in [3.05, 3.63) is 83.2 Å². The van der Waals surface area contributed by atoms with Gasteiger partial charge in [-0.25, -0.2) is 4.39 Å². The maximum Gasteiger partial charge on any atom is 0.307 e. The molecule has 3 rings (SSSR count). The molecule has 0 fully saturated rings. The van der Waals surface area contributed by atoms with Crippen LogP contribution in [0.15, 0.2) is 60.7 Å². The number of nitrogen functional groups attached to an aromatic ring is 1. The van der Waals surface area contributed by atoms with Crippen LogP contribution in [0, 0.1) is 5.82 Å². The second kappa shape index (κ2) is 9.39.